The number of furan rings is 1. The number of hydrogen-bond acceptors (Lipinski definition) is 6. The molecule has 0 aliphatic carbocycles. The third-order valence-electron chi connectivity index (χ3n) is 3.84. The average Bonchev–Trinajstić information content (AvgIpc) is 2.94. The Bertz CT molecular complexity index is 1040. The molecule has 1 N–H and O–H groups in total. The summed E-state index contributed by atoms with van der Waals surface area (Å²) in [6.45, 7) is 6.59. The molecule has 1 aromatic heterocycles. The van der Waals surface area contributed by atoms with Crippen LogP contribution in [0.25, 0.3) is 11.0 Å². The van der Waals surface area contributed by atoms with Gasteiger partial charge in [0.1, 0.15) is 17.1 Å². The maximum atomic E-state index is 12.9. The minimum absolute atomic E-state index is 0.0195. The van der Waals surface area contributed by atoms with Gasteiger partial charge in [0.05, 0.1) is 12.2 Å². The first-order valence-corrected chi connectivity index (χ1v) is 9.48. The smallest absolute Gasteiger partial charge is 0.308 e. The Labute approximate surface area is 159 Å². The molecule has 27 heavy (non-hydrogen) atoms. The van der Waals surface area contributed by atoms with Crippen molar-refractivity contribution in [2.75, 3.05) is 6.61 Å². The number of benzene rings is 2. The lowest BCUT2D eigenvalue weighted by Crippen LogP contribution is -2.02. The van der Waals surface area contributed by atoms with E-state index in [4.69, 9.17) is 22.4 Å². The number of carbonyl (C=O) groups is 1. The molecule has 0 saturated heterocycles. The predicted molar refractivity (Wildman–Crippen MR) is 103 cm³/mol. The Hall–Kier alpha value is -2.93. The standard InChI is InChI=1S/C20H20O3.HNO2S/c1-4-11-22-16-8-6-15(7-9-16)20(21)19-14(3)23-18-10-5-13(2)12-17(18)19;1-4(2)3/h5-10,12H,4,11H2,1-3H3;1H. The molecule has 0 aliphatic rings. The first-order chi connectivity index (χ1) is 12.8. The van der Waals surface area contributed by atoms with E-state index in [9.17, 15) is 4.79 Å². The van der Waals surface area contributed by atoms with Crippen molar-refractivity contribution in [2.24, 2.45) is 0 Å². The molecule has 0 spiro atoms. The minimum atomic E-state index is -2.61. The van der Waals surface area contributed by atoms with Crippen LogP contribution in [-0.4, -0.2) is 20.8 Å². The number of hydrogen-bond donors (Lipinski definition) is 1. The molecule has 0 aliphatic heterocycles. The molecule has 3 rings (SSSR count). The molecule has 0 atom stereocenters. The molecule has 0 fully saturated rings. The van der Waals surface area contributed by atoms with Crippen LogP contribution in [-0.2, 0) is 10.5 Å². The van der Waals surface area contributed by atoms with E-state index in [2.05, 4.69) is 6.92 Å². The van der Waals surface area contributed by atoms with Gasteiger partial charge >= 0.3 is 10.5 Å². The quantitative estimate of drug-likeness (QED) is 0.640. The number of nitrogens with one attached hydrogen (secondary N) is 1. The zero-order valence-electron chi connectivity index (χ0n) is 15.4. The largest absolute Gasteiger partial charge is 0.494 e. The monoisotopic (exact) mass is 387 g/mol. The second kappa shape index (κ2) is 9.14. The fourth-order valence-electron chi connectivity index (χ4n) is 2.68. The van der Waals surface area contributed by atoms with Gasteiger partial charge in [-0.1, -0.05) is 18.6 Å². The minimum Gasteiger partial charge on any atom is -0.494 e. The molecule has 6 nitrogen and oxygen atoms in total. The molecule has 0 radical (unpaired) electrons. The molecule has 3 aromatic rings. The summed E-state index contributed by atoms with van der Waals surface area (Å²) in [6, 6.07) is 13.2. The fraction of sp³-hybridized carbons (Fsp3) is 0.250. The highest BCUT2D eigenvalue weighted by molar-refractivity contribution is 7.60. The number of aryl methyl sites for hydroxylation is 2. The lowest BCUT2D eigenvalue weighted by atomic mass is 9.99. The molecule has 0 saturated carbocycles. The molecular weight excluding hydrogens is 366 g/mol. The summed E-state index contributed by atoms with van der Waals surface area (Å²) in [5, 5.41) is 0.874. The molecular formula is C20H21NO5S. The van der Waals surface area contributed by atoms with Gasteiger partial charge in [0.25, 0.3) is 0 Å². The summed E-state index contributed by atoms with van der Waals surface area (Å²) in [5.74, 6) is 1.42. The Morgan fingerprint density at radius 3 is 2.33 bits per heavy atom. The van der Waals surface area contributed by atoms with E-state index >= 15 is 0 Å². The van der Waals surface area contributed by atoms with Crippen molar-refractivity contribution in [1.29, 1.82) is 4.78 Å². The number of ketones is 1. The summed E-state index contributed by atoms with van der Waals surface area (Å²) < 4.78 is 34.1. The zero-order valence-corrected chi connectivity index (χ0v) is 16.2. The van der Waals surface area contributed by atoms with Gasteiger partial charge in [-0.3, -0.25) is 4.79 Å². The Morgan fingerprint density at radius 2 is 1.74 bits per heavy atom. The molecule has 0 unspecified atom stereocenters. The third-order valence-corrected chi connectivity index (χ3v) is 3.84. The van der Waals surface area contributed by atoms with E-state index in [-0.39, 0.29) is 5.78 Å². The highest BCUT2D eigenvalue weighted by Gasteiger charge is 2.19. The van der Waals surface area contributed by atoms with Gasteiger partial charge in [-0.2, -0.15) is 13.2 Å². The predicted octanol–water partition coefficient (Wildman–Crippen LogP) is 4.70. The number of fused-ring (bicyclic) bond motifs is 1. The van der Waals surface area contributed by atoms with Crippen molar-refractivity contribution in [3.8, 4) is 5.75 Å². The van der Waals surface area contributed by atoms with Crippen LogP contribution in [0.2, 0.25) is 0 Å². The maximum absolute atomic E-state index is 12.9. The van der Waals surface area contributed by atoms with E-state index in [0.717, 1.165) is 28.7 Å². The number of rotatable bonds is 5. The summed E-state index contributed by atoms with van der Waals surface area (Å²) >= 11 is 0. The lowest BCUT2D eigenvalue weighted by Gasteiger charge is -2.05. The Balaban J connectivity index is 0.000000596. The Kier molecular flexibility index (Phi) is 6.90. The van der Waals surface area contributed by atoms with E-state index in [1.165, 1.54) is 0 Å². The molecule has 142 valence electrons. The van der Waals surface area contributed by atoms with Gasteiger partial charge in [-0.05, 0) is 56.7 Å². The van der Waals surface area contributed by atoms with Crippen LogP contribution in [0.1, 0.15) is 40.6 Å². The van der Waals surface area contributed by atoms with Crippen LogP contribution in [0.3, 0.4) is 0 Å². The third kappa shape index (κ3) is 5.27. The highest BCUT2D eigenvalue weighted by Crippen LogP contribution is 2.29. The van der Waals surface area contributed by atoms with Gasteiger partial charge in [0.15, 0.2) is 5.78 Å². The van der Waals surface area contributed by atoms with Crippen LogP contribution in [0.15, 0.2) is 46.9 Å². The molecule has 2 aromatic carbocycles. The summed E-state index contributed by atoms with van der Waals surface area (Å²) in [4.78, 5) is 12.9. The first-order valence-electron chi connectivity index (χ1n) is 8.41. The van der Waals surface area contributed by atoms with E-state index in [1.807, 2.05) is 44.2 Å². The summed E-state index contributed by atoms with van der Waals surface area (Å²) in [6.07, 6.45) is 0.959. The van der Waals surface area contributed by atoms with E-state index in [0.29, 0.717) is 23.5 Å². The lowest BCUT2D eigenvalue weighted by molar-refractivity contribution is 0.103. The highest BCUT2D eigenvalue weighted by atomic mass is 32.2. The topological polar surface area (TPSA) is 97.4 Å². The SMILES string of the molecule is CCCOc1ccc(C(=O)c2c(C)oc3ccc(C)cc23)cc1.N=S(=O)=O. The van der Waals surface area contributed by atoms with Crippen molar-refractivity contribution in [1.82, 2.24) is 0 Å². The second-order valence-electron chi connectivity index (χ2n) is 5.97. The number of ether oxygens (including phenoxy) is 1. The van der Waals surface area contributed by atoms with Gasteiger partial charge in [0.2, 0.25) is 0 Å². The van der Waals surface area contributed by atoms with Crippen molar-refractivity contribution in [3.63, 3.8) is 0 Å². The molecule has 1 heterocycles. The van der Waals surface area contributed by atoms with E-state index in [1.54, 1.807) is 12.1 Å². The van der Waals surface area contributed by atoms with Crippen LogP contribution < -0.4 is 4.74 Å². The van der Waals surface area contributed by atoms with Crippen LogP contribution in [0.5, 0.6) is 5.75 Å². The van der Waals surface area contributed by atoms with Crippen LogP contribution in [0, 0.1) is 18.6 Å². The number of carbonyl (C=O) groups excluding carboxylic acids is 1. The van der Waals surface area contributed by atoms with Gasteiger partial charge in [-0.25, -0.2) is 0 Å². The van der Waals surface area contributed by atoms with Crippen molar-refractivity contribution in [2.45, 2.75) is 27.2 Å². The van der Waals surface area contributed by atoms with E-state index < -0.39 is 10.5 Å². The van der Waals surface area contributed by atoms with Gasteiger partial charge in [0, 0.05) is 10.9 Å². The summed E-state index contributed by atoms with van der Waals surface area (Å²) in [7, 11) is -2.61. The fourth-order valence-corrected chi connectivity index (χ4v) is 2.68. The Morgan fingerprint density at radius 1 is 1.11 bits per heavy atom. The van der Waals surface area contributed by atoms with Crippen LogP contribution >= 0.6 is 0 Å². The second-order valence-corrected chi connectivity index (χ2v) is 6.44. The van der Waals surface area contributed by atoms with Gasteiger partial charge < -0.3 is 9.15 Å². The molecule has 0 amide bonds. The average molecular weight is 387 g/mol. The van der Waals surface area contributed by atoms with Crippen molar-refractivity contribution < 1.29 is 22.4 Å². The molecule has 7 heteroatoms. The normalized spacial score (nSPS) is 10.2. The van der Waals surface area contributed by atoms with Crippen LogP contribution in [0.4, 0.5) is 0 Å². The van der Waals surface area contributed by atoms with Gasteiger partial charge in [-0.15, -0.1) is 0 Å². The first kappa shape index (κ1) is 20.4. The van der Waals surface area contributed by atoms with Crippen molar-refractivity contribution in [3.05, 3.63) is 64.9 Å². The molecule has 0 bridgehead atoms. The maximum Gasteiger partial charge on any atom is 0.308 e. The van der Waals surface area contributed by atoms with Crippen molar-refractivity contribution >= 4 is 27.3 Å². The summed E-state index contributed by atoms with van der Waals surface area (Å²) in [5.41, 5.74) is 3.14. The zero-order chi connectivity index (χ0) is 20.0.